The highest BCUT2D eigenvalue weighted by Crippen LogP contribution is 2.29. The number of hydrogen-bond donors (Lipinski definition) is 1. The highest BCUT2D eigenvalue weighted by Gasteiger charge is 2.25. The van der Waals surface area contributed by atoms with Gasteiger partial charge in [0, 0.05) is 42.7 Å². The van der Waals surface area contributed by atoms with E-state index in [2.05, 4.69) is 29.6 Å². The first-order chi connectivity index (χ1) is 23.6. The molecule has 0 spiro atoms. The van der Waals surface area contributed by atoms with Gasteiger partial charge < -0.3 is 19.7 Å². The highest BCUT2D eigenvalue weighted by molar-refractivity contribution is 6.07. The summed E-state index contributed by atoms with van der Waals surface area (Å²) < 4.78 is 12.3. The lowest BCUT2D eigenvalue weighted by molar-refractivity contribution is 0.0595. The number of likely N-dealkylation sites (tertiary alicyclic amines) is 1. The molecular weight excluding hydrogens is 608 g/mol. The van der Waals surface area contributed by atoms with Gasteiger partial charge in [-0.15, -0.1) is 0 Å². The van der Waals surface area contributed by atoms with Gasteiger partial charge in [0.05, 0.1) is 0 Å². The van der Waals surface area contributed by atoms with Crippen molar-refractivity contribution < 1.29 is 19.1 Å². The van der Waals surface area contributed by atoms with E-state index in [0.717, 1.165) is 80.1 Å². The number of rotatable bonds is 9. The van der Waals surface area contributed by atoms with E-state index in [9.17, 15) is 9.59 Å². The fraction of sp³-hybridized carbons (Fsp3) is 0.256. The second-order valence-electron chi connectivity index (χ2n) is 13.1. The van der Waals surface area contributed by atoms with Crippen molar-refractivity contribution >= 4 is 17.5 Å². The highest BCUT2D eigenvalue weighted by atomic mass is 16.5. The van der Waals surface area contributed by atoms with Gasteiger partial charge in [-0.2, -0.15) is 0 Å². The van der Waals surface area contributed by atoms with Crippen molar-refractivity contribution in [2.45, 2.75) is 60.2 Å². The molecule has 0 aliphatic carbocycles. The standard InChI is InChI=1S/C43H44N2O4/c1-28-9-13-35(14-10-28)43(47)45-23-21-39(22-24-45)49-38-17-11-33(12-18-38)27-48-37-19-15-34(16-20-37)36-25-31(4)40(32(5)26-36)42(46)44-41-29(2)7-6-8-30(41)3/h6-20,25-26,39H,21-24,27H2,1-5H3,(H,44,46). The van der Waals surface area contributed by atoms with Gasteiger partial charge in [0.1, 0.15) is 24.2 Å². The van der Waals surface area contributed by atoms with E-state index in [-0.39, 0.29) is 17.9 Å². The van der Waals surface area contributed by atoms with Crippen molar-refractivity contribution in [3.8, 4) is 22.6 Å². The summed E-state index contributed by atoms with van der Waals surface area (Å²) in [4.78, 5) is 28.0. The lowest BCUT2D eigenvalue weighted by atomic mass is 9.95. The maximum absolute atomic E-state index is 13.3. The molecule has 1 saturated heterocycles. The van der Waals surface area contributed by atoms with Crippen LogP contribution in [0.5, 0.6) is 11.5 Å². The van der Waals surface area contributed by atoms with E-state index in [1.54, 1.807) is 0 Å². The first-order valence-electron chi connectivity index (χ1n) is 17.0. The van der Waals surface area contributed by atoms with E-state index in [1.165, 1.54) is 0 Å². The minimum atomic E-state index is -0.0881. The Hall–Kier alpha value is -5.36. The predicted octanol–water partition coefficient (Wildman–Crippen LogP) is 9.41. The molecule has 49 heavy (non-hydrogen) atoms. The number of ether oxygens (including phenoxy) is 2. The van der Waals surface area contributed by atoms with E-state index in [4.69, 9.17) is 9.47 Å². The molecule has 1 fully saturated rings. The van der Waals surface area contributed by atoms with Crippen LogP contribution in [-0.4, -0.2) is 35.9 Å². The van der Waals surface area contributed by atoms with Crippen molar-refractivity contribution in [1.82, 2.24) is 4.90 Å². The first kappa shape index (κ1) is 33.5. The molecule has 0 saturated carbocycles. The molecule has 5 aromatic carbocycles. The van der Waals surface area contributed by atoms with Gasteiger partial charge in [-0.3, -0.25) is 9.59 Å². The molecule has 0 atom stereocenters. The van der Waals surface area contributed by atoms with Crippen LogP contribution in [-0.2, 0) is 6.61 Å². The fourth-order valence-electron chi connectivity index (χ4n) is 6.50. The second-order valence-corrected chi connectivity index (χ2v) is 13.1. The Labute approximate surface area is 289 Å². The maximum atomic E-state index is 13.3. The molecular formula is C43H44N2O4. The van der Waals surface area contributed by atoms with E-state index in [0.29, 0.717) is 25.3 Å². The van der Waals surface area contributed by atoms with Gasteiger partial charge in [0.2, 0.25) is 0 Å². The minimum Gasteiger partial charge on any atom is -0.490 e. The van der Waals surface area contributed by atoms with Gasteiger partial charge in [-0.1, -0.05) is 72.3 Å². The van der Waals surface area contributed by atoms with Crippen molar-refractivity contribution in [2.75, 3.05) is 18.4 Å². The number of nitrogens with one attached hydrogen (secondary N) is 1. The summed E-state index contributed by atoms with van der Waals surface area (Å²) >= 11 is 0. The van der Waals surface area contributed by atoms with Crippen LogP contribution in [0.3, 0.4) is 0 Å². The molecule has 1 aliphatic rings. The van der Waals surface area contributed by atoms with Crippen LogP contribution in [0.2, 0.25) is 0 Å². The molecule has 0 bridgehead atoms. The summed E-state index contributed by atoms with van der Waals surface area (Å²) in [6, 6.07) is 34.0. The summed E-state index contributed by atoms with van der Waals surface area (Å²) in [5.41, 5.74) is 10.6. The molecule has 0 unspecified atom stereocenters. The summed E-state index contributed by atoms with van der Waals surface area (Å²) in [7, 11) is 0. The third-order valence-electron chi connectivity index (χ3n) is 9.33. The van der Waals surface area contributed by atoms with Crippen LogP contribution in [0, 0.1) is 34.6 Å². The average Bonchev–Trinajstić information content (AvgIpc) is 3.10. The van der Waals surface area contributed by atoms with Crippen molar-refractivity contribution in [3.63, 3.8) is 0 Å². The molecule has 1 aliphatic heterocycles. The van der Waals surface area contributed by atoms with E-state index in [1.807, 2.05) is 118 Å². The second kappa shape index (κ2) is 14.8. The first-order valence-corrected chi connectivity index (χ1v) is 17.0. The van der Waals surface area contributed by atoms with Crippen LogP contribution < -0.4 is 14.8 Å². The van der Waals surface area contributed by atoms with Crippen molar-refractivity contribution in [1.29, 1.82) is 0 Å². The van der Waals surface area contributed by atoms with Gasteiger partial charge >= 0.3 is 0 Å². The number of hydrogen-bond acceptors (Lipinski definition) is 4. The number of aryl methyl sites for hydroxylation is 5. The third kappa shape index (κ3) is 8.03. The predicted molar refractivity (Wildman–Crippen MR) is 197 cm³/mol. The largest absolute Gasteiger partial charge is 0.490 e. The molecule has 6 heteroatoms. The smallest absolute Gasteiger partial charge is 0.256 e. The normalized spacial score (nSPS) is 13.2. The SMILES string of the molecule is Cc1ccc(C(=O)N2CCC(Oc3ccc(COc4ccc(-c5cc(C)c(C(=O)Nc6c(C)cccc6C)c(C)c5)cc4)cc3)CC2)cc1. The molecule has 250 valence electrons. The Morgan fingerprint density at radius 2 is 1.29 bits per heavy atom. The molecule has 6 rings (SSSR count). The zero-order valence-electron chi connectivity index (χ0n) is 29.0. The number of para-hydroxylation sites is 1. The van der Waals surface area contributed by atoms with E-state index < -0.39 is 0 Å². The number of anilines is 1. The molecule has 2 amide bonds. The lowest BCUT2D eigenvalue weighted by Gasteiger charge is -2.32. The molecule has 0 aromatic heterocycles. The lowest BCUT2D eigenvalue weighted by Crippen LogP contribution is -2.41. The Bertz CT molecular complexity index is 1900. The fourth-order valence-corrected chi connectivity index (χ4v) is 6.50. The summed E-state index contributed by atoms with van der Waals surface area (Å²) in [6.07, 6.45) is 1.71. The molecule has 5 aromatic rings. The van der Waals surface area contributed by atoms with Gasteiger partial charge in [-0.05, 0) is 110 Å². The van der Waals surface area contributed by atoms with Crippen LogP contribution >= 0.6 is 0 Å². The van der Waals surface area contributed by atoms with Crippen molar-refractivity contribution in [3.05, 3.63) is 148 Å². The number of benzene rings is 5. The Morgan fingerprint density at radius 3 is 1.90 bits per heavy atom. The zero-order valence-corrected chi connectivity index (χ0v) is 29.0. The van der Waals surface area contributed by atoms with E-state index >= 15 is 0 Å². The quantitative estimate of drug-likeness (QED) is 0.172. The average molecular weight is 653 g/mol. The van der Waals surface area contributed by atoms with Crippen LogP contribution in [0.15, 0.2) is 103 Å². The Kier molecular flexibility index (Phi) is 10.1. The van der Waals surface area contributed by atoms with Crippen LogP contribution in [0.25, 0.3) is 11.1 Å². The summed E-state index contributed by atoms with van der Waals surface area (Å²) in [6.45, 7) is 11.9. The third-order valence-corrected chi connectivity index (χ3v) is 9.33. The number of carbonyl (C=O) groups excluding carboxylic acids is 2. The van der Waals surface area contributed by atoms with Gasteiger partial charge in [0.25, 0.3) is 11.8 Å². The Morgan fingerprint density at radius 1 is 0.694 bits per heavy atom. The number of nitrogens with zero attached hydrogens (tertiary/aromatic N) is 1. The topological polar surface area (TPSA) is 67.9 Å². The number of carbonyl (C=O) groups is 2. The van der Waals surface area contributed by atoms with Gasteiger partial charge in [-0.25, -0.2) is 0 Å². The van der Waals surface area contributed by atoms with Crippen molar-refractivity contribution in [2.24, 2.45) is 0 Å². The van der Waals surface area contributed by atoms with Crippen LogP contribution in [0.4, 0.5) is 5.69 Å². The minimum absolute atomic E-state index is 0.0881. The number of amides is 2. The molecule has 0 radical (unpaired) electrons. The monoisotopic (exact) mass is 652 g/mol. The summed E-state index contributed by atoms with van der Waals surface area (Å²) in [5, 5.41) is 3.13. The molecule has 1 N–H and O–H groups in total. The Balaban J connectivity index is 0.995. The zero-order chi connectivity index (χ0) is 34.5. The van der Waals surface area contributed by atoms with Crippen LogP contribution in [0.1, 0.15) is 66.9 Å². The molecule has 6 nitrogen and oxygen atoms in total. The van der Waals surface area contributed by atoms with Gasteiger partial charge in [0.15, 0.2) is 0 Å². The summed E-state index contributed by atoms with van der Waals surface area (Å²) in [5.74, 6) is 1.62. The maximum Gasteiger partial charge on any atom is 0.256 e. The molecule has 1 heterocycles. The number of piperidine rings is 1.